The van der Waals surface area contributed by atoms with Crippen LogP contribution in [-0.4, -0.2) is 20.2 Å². The Labute approximate surface area is 75.6 Å². The molecule has 0 atom stereocenters. The summed E-state index contributed by atoms with van der Waals surface area (Å²) in [5.74, 6) is 4.35. The Morgan fingerprint density at radius 3 is 1.33 bits per heavy atom. The first-order valence-corrected chi connectivity index (χ1v) is 4.85. The zero-order valence-electron chi connectivity index (χ0n) is 8.14. The van der Waals surface area contributed by atoms with Gasteiger partial charge in [0.25, 0.3) is 0 Å². The molecule has 1 heterocycles. The van der Waals surface area contributed by atoms with Gasteiger partial charge in [0.15, 0.2) is 0 Å². The van der Waals surface area contributed by atoms with E-state index in [0.717, 1.165) is 0 Å². The van der Waals surface area contributed by atoms with Gasteiger partial charge in [-0.2, -0.15) is 0 Å². The van der Waals surface area contributed by atoms with Crippen LogP contribution >= 0.6 is 0 Å². The zero-order valence-corrected chi connectivity index (χ0v) is 8.14. The van der Waals surface area contributed by atoms with Crippen LogP contribution in [0.5, 0.6) is 0 Å². The van der Waals surface area contributed by atoms with Gasteiger partial charge in [-0.1, -0.05) is 25.7 Å². The number of piperidine rings is 1. The number of nitrogens with two attached hydrogens (primary N) is 1. The topological polar surface area (TPSA) is 47.3 Å². The van der Waals surface area contributed by atoms with E-state index in [1.165, 1.54) is 58.7 Å². The van der Waals surface area contributed by atoms with Gasteiger partial charge in [0.2, 0.25) is 0 Å². The average molecular weight is 174 g/mol. The minimum absolute atomic E-state index is 1.25. The summed E-state index contributed by atoms with van der Waals surface area (Å²) >= 11 is 0. The molecule has 0 aromatic heterocycles. The second-order valence-corrected chi connectivity index (χ2v) is 3.11. The van der Waals surface area contributed by atoms with Gasteiger partial charge in [-0.15, -0.1) is 0 Å². The molecule has 0 aromatic carbocycles. The smallest absolute Gasteiger partial charge is 0.0569 e. The van der Waals surface area contributed by atoms with Crippen LogP contribution < -0.4 is 11.2 Å². The standard InChI is InChI=1S/C5H11N.C3H6.CH5NO/c1-2-4-6-5-3-1;1-2-3-1;1-3-2/h6H,1-5H2;1-3H2;2H2,1H3. The van der Waals surface area contributed by atoms with Gasteiger partial charge in [-0.05, 0) is 25.9 Å². The molecule has 2 aliphatic rings. The van der Waals surface area contributed by atoms with Crippen LogP contribution in [0.4, 0.5) is 0 Å². The molecule has 0 spiro atoms. The fourth-order valence-electron chi connectivity index (χ4n) is 0.802. The quantitative estimate of drug-likeness (QED) is 0.546. The van der Waals surface area contributed by atoms with Crippen LogP contribution in [0, 0.1) is 0 Å². The molecule has 12 heavy (non-hydrogen) atoms. The van der Waals surface area contributed by atoms with Gasteiger partial charge in [0, 0.05) is 0 Å². The van der Waals surface area contributed by atoms with E-state index in [0.29, 0.717) is 0 Å². The van der Waals surface area contributed by atoms with Gasteiger partial charge < -0.3 is 10.2 Å². The van der Waals surface area contributed by atoms with E-state index in [9.17, 15) is 0 Å². The highest BCUT2D eigenvalue weighted by Crippen LogP contribution is 2.14. The molecule has 1 aliphatic carbocycles. The van der Waals surface area contributed by atoms with Crippen molar-refractivity contribution in [3.63, 3.8) is 0 Å². The lowest BCUT2D eigenvalue weighted by Gasteiger charge is -2.08. The molecular formula is C9H22N2O. The van der Waals surface area contributed by atoms with Crippen molar-refractivity contribution >= 4 is 0 Å². The summed E-state index contributed by atoms with van der Waals surface area (Å²) in [6.07, 6.45) is 8.72. The van der Waals surface area contributed by atoms with Crippen molar-refractivity contribution in [3.05, 3.63) is 0 Å². The van der Waals surface area contributed by atoms with E-state index >= 15 is 0 Å². The van der Waals surface area contributed by atoms with E-state index in [-0.39, 0.29) is 0 Å². The summed E-state index contributed by atoms with van der Waals surface area (Å²) < 4.78 is 0. The first-order valence-electron chi connectivity index (χ1n) is 4.85. The molecule has 0 amide bonds. The molecule has 0 bridgehead atoms. The number of hydrogen-bond acceptors (Lipinski definition) is 3. The molecule has 0 unspecified atom stereocenters. The van der Waals surface area contributed by atoms with E-state index in [1.54, 1.807) is 0 Å². The molecule has 3 heteroatoms. The third-order valence-corrected chi connectivity index (χ3v) is 1.56. The van der Waals surface area contributed by atoms with Crippen LogP contribution in [0.2, 0.25) is 0 Å². The van der Waals surface area contributed by atoms with Crippen molar-refractivity contribution in [1.82, 2.24) is 5.32 Å². The first-order chi connectivity index (χ1) is 5.91. The predicted octanol–water partition coefficient (Wildman–Crippen LogP) is 1.44. The summed E-state index contributed by atoms with van der Waals surface area (Å²) in [6.45, 7) is 2.50. The number of hydrogen-bond donors (Lipinski definition) is 2. The highest BCUT2D eigenvalue weighted by Gasteiger charge is 1.95. The molecule has 3 nitrogen and oxygen atoms in total. The van der Waals surface area contributed by atoms with Crippen LogP contribution in [0.1, 0.15) is 38.5 Å². The van der Waals surface area contributed by atoms with Crippen LogP contribution in [0.15, 0.2) is 0 Å². The maximum absolute atomic E-state index is 4.35. The van der Waals surface area contributed by atoms with Crippen LogP contribution in [-0.2, 0) is 4.84 Å². The Balaban J connectivity index is 0.000000171. The summed E-state index contributed by atoms with van der Waals surface area (Å²) in [5.41, 5.74) is 0. The molecule has 1 aliphatic heterocycles. The SMILES string of the molecule is C1CC1.C1CCNCC1.CON. The lowest BCUT2D eigenvalue weighted by atomic mass is 10.2. The van der Waals surface area contributed by atoms with Crippen molar-refractivity contribution in [2.75, 3.05) is 20.2 Å². The third-order valence-electron chi connectivity index (χ3n) is 1.56. The first kappa shape index (κ1) is 11.9. The molecule has 74 valence electrons. The maximum Gasteiger partial charge on any atom is 0.0569 e. The monoisotopic (exact) mass is 174 g/mol. The molecule has 1 saturated carbocycles. The van der Waals surface area contributed by atoms with Gasteiger partial charge in [0.1, 0.15) is 0 Å². The van der Waals surface area contributed by atoms with Gasteiger partial charge in [0.05, 0.1) is 7.11 Å². The predicted molar refractivity (Wildman–Crippen MR) is 51.8 cm³/mol. The Bertz CT molecular complexity index is 58.7. The highest BCUT2D eigenvalue weighted by molar-refractivity contribution is 4.55. The summed E-state index contributed by atoms with van der Waals surface area (Å²) in [4.78, 5) is 3.75. The van der Waals surface area contributed by atoms with Crippen molar-refractivity contribution in [1.29, 1.82) is 0 Å². The normalized spacial score (nSPS) is 19.5. The third kappa shape index (κ3) is 16.5. The largest absolute Gasteiger partial charge is 0.317 e. The average Bonchev–Trinajstić information content (AvgIpc) is 2.95. The van der Waals surface area contributed by atoms with Crippen molar-refractivity contribution in [2.24, 2.45) is 5.90 Å². The van der Waals surface area contributed by atoms with Gasteiger partial charge >= 0.3 is 0 Å². The highest BCUT2D eigenvalue weighted by atomic mass is 16.6. The Morgan fingerprint density at radius 2 is 1.25 bits per heavy atom. The van der Waals surface area contributed by atoms with Gasteiger partial charge in [-0.3, -0.25) is 0 Å². The van der Waals surface area contributed by atoms with Crippen LogP contribution in [0.3, 0.4) is 0 Å². The molecular weight excluding hydrogens is 152 g/mol. The fraction of sp³-hybridized carbons (Fsp3) is 1.00. The van der Waals surface area contributed by atoms with Crippen molar-refractivity contribution in [3.8, 4) is 0 Å². The van der Waals surface area contributed by atoms with E-state index in [2.05, 4.69) is 16.1 Å². The lowest BCUT2D eigenvalue weighted by Crippen LogP contribution is -2.21. The zero-order chi connectivity index (χ0) is 9.07. The molecule has 2 rings (SSSR count). The maximum atomic E-state index is 4.35. The molecule has 2 fully saturated rings. The minimum Gasteiger partial charge on any atom is -0.317 e. The number of rotatable bonds is 0. The summed E-state index contributed by atoms with van der Waals surface area (Å²) in [5, 5.41) is 3.28. The fourth-order valence-corrected chi connectivity index (χ4v) is 0.802. The Kier molecular flexibility index (Phi) is 10.8. The Morgan fingerprint density at radius 1 is 0.917 bits per heavy atom. The van der Waals surface area contributed by atoms with Crippen molar-refractivity contribution in [2.45, 2.75) is 38.5 Å². The van der Waals surface area contributed by atoms with Gasteiger partial charge in [-0.25, -0.2) is 5.90 Å². The van der Waals surface area contributed by atoms with Crippen LogP contribution in [0.25, 0.3) is 0 Å². The molecule has 0 aromatic rings. The summed E-state index contributed by atoms with van der Waals surface area (Å²) in [7, 11) is 1.40. The van der Waals surface area contributed by atoms with E-state index in [1.807, 2.05) is 0 Å². The van der Waals surface area contributed by atoms with E-state index < -0.39 is 0 Å². The second kappa shape index (κ2) is 10.9. The number of nitrogens with one attached hydrogen (secondary N) is 1. The lowest BCUT2D eigenvalue weighted by molar-refractivity contribution is 0.206. The Hall–Kier alpha value is -0.120. The molecule has 3 N–H and O–H groups in total. The van der Waals surface area contributed by atoms with Crippen molar-refractivity contribution < 1.29 is 4.84 Å². The molecule has 1 saturated heterocycles. The van der Waals surface area contributed by atoms with E-state index in [4.69, 9.17) is 0 Å². The molecule has 0 radical (unpaired) electrons. The minimum atomic E-state index is 1.25. The second-order valence-electron chi connectivity index (χ2n) is 3.11. The summed E-state index contributed by atoms with van der Waals surface area (Å²) in [6, 6.07) is 0.